The highest BCUT2D eigenvalue weighted by Gasteiger charge is 2.14. The Morgan fingerprint density at radius 1 is 1.16 bits per heavy atom. The molecule has 0 aliphatic carbocycles. The van der Waals surface area contributed by atoms with E-state index in [1.165, 1.54) is 18.5 Å². The molecule has 0 aliphatic rings. The van der Waals surface area contributed by atoms with Gasteiger partial charge in [0.2, 0.25) is 0 Å². The Kier molecular flexibility index (Phi) is 4.94. The average Bonchev–Trinajstić information content (AvgIpc) is 3.09. The third-order valence-corrected chi connectivity index (χ3v) is 4.66. The van der Waals surface area contributed by atoms with Crippen LogP contribution < -0.4 is 9.46 Å². The number of hydrogen-bond acceptors (Lipinski definition) is 5. The molecule has 1 aromatic heterocycles. The first-order chi connectivity index (χ1) is 12.0. The zero-order valence-electron chi connectivity index (χ0n) is 13.0. The number of rotatable bonds is 7. The van der Waals surface area contributed by atoms with Crippen LogP contribution in [0, 0.1) is 5.82 Å². The van der Waals surface area contributed by atoms with Crippen LogP contribution in [0.15, 0.2) is 66.1 Å². The molecule has 130 valence electrons. The smallest absolute Gasteiger partial charge is 0.261 e. The first kappa shape index (κ1) is 16.9. The number of nitrogens with one attached hydrogen (secondary N) is 1. The van der Waals surface area contributed by atoms with Gasteiger partial charge >= 0.3 is 0 Å². The Morgan fingerprint density at radius 2 is 1.96 bits per heavy atom. The van der Waals surface area contributed by atoms with E-state index in [0.717, 1.165) is 12.1 Å². The molecule has 0 atom stereocenters. The Labute approximate surface area is 144 Å². The van der Waals surface area contributed by atoms with Gasteiger partial charge in [0.25, 0.3) is 10.0 Å². The first-order valence-electron chi connectivity index (χ1n) is 7.37. The second kappa shape index (κ2) is 7.31. The summed E-state index contributed by atoms with van der Waals surface area (Å²) in [6.07, 6.45) is 3.02. The highest BCUT2D eigenvalue weighted by molar-refractivity contribution is 7.92. The summed E-state index contributed by atoms with van der Waals surface area (Å²) in [6.45, 7) is 0.878. The molecule has 0 unspecified atom stereocenters. The number of anilines is 1. The van der Waals surface area contributed by atoms with E-state index < -0.39 is 15.8 Å². The number of hydrogen-bond donors (Lipinski definition) is 1. The predicted molar refractivity (Wildman–Crippen MR) is 89.2 cm³/mol. The molecule has 1 heterocycles. The highest BCUT2D eigenvalue weighted by atomic mass is 32.2. The van der Waals surface area contributed by atoms with Crippen molar-refractivity contribution in [2.45, 2.75) is 11.4 Å². The van der Waals surface area contributed by atoms with Crippen molar-refractivity contribution in [3.05, 3.63) is 67.0 Å². The summed E-state index contributed by atoms with van der Waals surface area (Å²) in [7, 11) is -3.80. The monoisotopic (exact) mass is 362 g/mol. The van der Waals surface area contributed by atoms with Crippen molar-refractivity contribution in [3.8, 4) is 5.75 Å². The molecule has 25 heavy (non-hydrogen) atoms. The van der Waals surface area contributed by atoms with Gasteiger partial charge in [0, 0.05) is 6.07 Å². The van der Waals surface area contributed by atoms with E-state index in [1.807, 2.05) is 0 Å². The number of benzene rings is 2. The van der Waals surface area contributed by atoms with Gasteiger partial charge in [-0.05, 0) is 36.4 Å². The van der Waals surface area contributed by atoms with Crippen molar-refractivity contribution in [2.75, 3.05) is 11.3 Å². The van der Waals surface area contributed by atoms with Gasteiger partial charge in [-0.3, -0.25) is 4.72 Å². The summed E-state index contributed by atoms with van der Waals surface area (Å²) in [5.74, 6) is 0.0150. The zero-order valence-corrected chi connectivity index (χ0v) is 13.9. The SMILES string of the molecule is O=S(=O)(Nc1cccc(OCCn2cncn2)c1)c1ccc(F)cc1. The summed E-state index contributed by atoms with van der Waals surface area (Å²) >= 11 is 0. The quantitative estimate of drug-likeness (QED) is 0.697. The summed E-state index contributed by atoms with van der Waals surface area (Å²) < 4.78 is 47.2. The lowest BCUT2D eigenvalue weighted by molar-refractivity contribution is 0.291. The van der Waals surface area contributed by atoms with E-state index in [-0.39, 0.29) is 4.90 Å². The molecule has 3 rings (SSSR count). The fourth-order valence-electron chi connectivity index (χ4n) is 2.08. The summed E-state index contributed by atoms with van der Waals surface area (Å²) in [4.78, 5) is 3.81. The van der Waals surface area contributed by atoms with Gasteiger partial charge in [-0.1, -0.05) is 6.07 Å². The van der Waals surface area contributed by atoms with E-state index in [4.69, 9.17) is 4.74 Å². The van der Waals surface area contributed by atoms with Crippen LogP contribution in [-0.2, 0) is 16.6 Å². The predicted octanol–water partition coefficient (Wildman–Crippen LogP) is 2.30. The molecular weight excluding hydrogens is 347 g/mol. The summed E-state index contributed by atoms with van der Waals surface area (Å²) in [5.41, 5.74) is 0.350. The summed E-state index contributed by atoms with van der Waals surface area (Å²) in [5, 5.41) is 3.96. The van der Waals surface area contributed by atoms with E-state index in [2.05, 4.69) is 14.8 Å². The van der Waals surface area contributed by atoms with Crippen molar-refractivity contribution in [1.29, 1.82) is 0 Å². The maximum atomic E-state index is 12.9. The summed E-state index contributed by atoms with van der Waals surface area (Å²) in [6, 6.07) is 11.2. The van der Waals surface area contributed by atoms with Crippen molar-refractivity contribution in [3.63, 3.8) is 0 Å². The highest BCUT2D eigenvalue weighted by Crippen LogP contribution is 2.21. The molecule has 0 bridgehead atoms. The minimum Gasteiger partial charge on any atom is -0.492 e. The standard InChI is InChI=1S/C16H15FN4O3S/c17-13-4-6-16(7-5-13)25(22,23)20-14-2-1-3-15(10-14)24-9-8-21-12-18-11-19-21/h1-7,10-12,20H,8-9H2. The van der Waals surface area contributed by atoms with E-state index in [1.54, 1.807) is 35.3 Å². The van der Waals surface area contributed by atoms with Gasteiger partial charge in [0.15, 0.2) is 0 Å². The van der Waals surface area contributed by atoms with Crippen LogP contribution in [-0.4, -0.2) is 29.8 Å². The second-order valence-corrected chi connectivity index (χ2v) is 6.78. The van der Waals surface area contributed by atoms with Crippen LogP contribution in [0.1, 0.15) is 0 Å². The topological polar surface area (TPSA) is 86.1 Å². The third-order valence-electron chi connectivity index (χ3n) is 3.27. The minimum absolute atomic E-state index is 0.0218. The van der Waals surface area contributed by atoms with Gasteiger partial charge in [-0.15, -0.1) is 0 Å². The lowest BCUT2D eigenvalue weighted by atomic mass is 10.3. The average molecular weight is 362 g/mol. The number of sulfonamides is 1. The molecule has 0 aliphatic heterocycles. The molecular formula is C16H15FN4O3S. The van der Waals surface area contributed by atoms with E-state index in [0.29, 0.717) is 24.6 Å². The van der Waals surface area contributed by atoms with E-state index in [9.17, 15) is 12.8 Å². The molecule has 0 amide bonds. The van der Waals surface area contributed by atoms with Crippen molar-refractivity contribution >= 4 is 15.7 Å². The molecule has 7 nitrogen and oxygen atoms in total. The fraction of sp³-hybridized carbons (Fsp3) is 0.125. The van der Waals surface area contributed by atoms with Gasteiger partial charge in [0.1, 0.15) is 30.8 Å². The zero-order chi connectivity index (χ0) is 17.7. The van der Waals surface area contributed by atoms with Gasteiger partial charge < -0.3 is 4.74 Å². The van der Waals surface area contributed by atoms with Gasteiger partial charge in [-0.2, -0.15) is 5.10 Å². The van der Waals surface area contributed by atoms with Crippen LogP contribution >= 0.6 is 0 Å². The maximum absolute atomic E-state index is 12.9. The Bertz CT molecular complexity index is 928. The second-order valence-electron chi connectivity index (χ2n) is 5.09. The Balaban J connectivity index is 1.65. The largest absolute Gasteiger partial charge is 0.492 e. The molecule has 0 fully saturated rings. The molecule has 0 saturated carbocycles. The van der Waals surface area contributed by atoms with Crippen molar-refractivity contribution in [1.82, 2.24) is 14.8 Å². The third kappa shape index (κ3) is 4.54. The van der Waals surface area contributed by atoms with E-state index >= 15 is 0 Å². The molecule has 3 aromatic rings. The van der Waals surface area contributed by atoms with Crippen LogP contribution in [0.2, 0.25) is 0 Å². The van der Waals surface area contributed by atoms with Crippen LogP contribution in [0.3, 0.4) is 0 Å². The minimum atomic E-state index is -3.80. The number of nitrogens with zero attached hydrogens (tertiary/aromatic N) is 3. The molecule has 0 saturated heterocycles. The fourth-order valence-corrected chi connectivity index (χ4v) is 3.13. The van der Waals surface area contributed by atoms with Crippen LogP contribution in [0.5, 0.6) is 5.75 Å². The van der Waals surface area contributed by atoms with Crippen molar-refractivity contribution < 1.29 is 17.5 Å². The van der Waals surface area contributed by atoms with Crippen LogP contribution in [0.25, 0.3) is 0 Å². The number of halogens is 1. The molecule has 0 radical (unpaired) electrons. The normalized spacial score (nSPS) is 11.2. The van der Waals surface area contributed by atoms with Crippen molar-refractivity contribution in [2.24, 2.45) is 0 Å². The number of ether oxygens (including phenoxy) is 1. The molecule has 1 N–H and O–H groups in total. The Morgan fingerprint density at radius 3 is 2.68 bits per heavy atom. The lowest BCUT2D eigenvalue weighted by Crippen LogP contribution is -2.13. The van der Waals surface area contributed by atoms with Gasteiger partial charge in [0.05, 0.1) is 17.1 Å². The molecule has 2 aromatic carbocycles. The molecule has 9 heteroatoms. The Hall–Kier alpha value is -2.94. The van der Waals surface area contributed by atoms with Gasteiger partial charge in [-0.25, -0.2) is 22.5 Å². The van der Waals surface area contributed by atoms with Crippen LogP contribution in [0.4, 0.5) is 10.1 Å². The number of aromatic nitrogens is 3. The first-order valence-corrected chi connectivity index (χ1v) is 8.85. The molecule has 0 spiro atoms. The maximum Gasteiger partial charge on any atom is 0.261 e. The lowest BCUT2D eigenvalue weighted by Gasteiger charge is -2.10.